The molecule has 0 aromatic heterocycles. The number of nitrogens with zero attached hydrogens (tertiary/aromatic N) is 2. The minimum Gasteiger partial charge on any atom is -0.469 e. The van der Waals surface area contributed by atoms with Crippen molar-refractivity contribution in [1.82, 2.24) is 9.80 Å². The highest BCUT2D eigenvalue weighted by molar-refractivity contribution is 5.73. The predicted octanol–water partition coefficient (Wildman–Crippen LogP) is 2.67. The van der Waals surface area contributed by atoms with Crippen LogP contribution in [-0.2, 0) is 20.9 Å². The highest BCUT2D eigenvalue weighted by Gasteiger charge is 2.56. The number of amides is 1. The van der Waals surface area contributed by atoms with Gasteiger partial charge in [-0.25, -0.2) is 4.79 Å². The van der Waals surface area contributed by atoms with E-state index >= 15 is 0 Å². The molecule has 1 saturated heterocycles. The van der Waals surface area contributed by atoms with Crippen LogP contribution in [0.2, 0.25) is 0 Å². The summed E-state index contributed by atoms with van der Waals surface area (Å²) in [7, 11) is 1.47. The van der Waals surface area contributed by atoms with E-state index in [1.54, 1.807) is 0 Å². The molecule has 1 aromatic carbocycles. The number of methoxy groups -OCH3 is 1. The molecule has 1 spiro atoms. The Kier molecular flexibility index (Phi) is 5.08. The van der Waals surface area contributed by atoms with Gasteiger partial charge in [-0.1, -0.05) is 30.3 Å². The molecule has 1 aromatic rings. The first-order chi connectivity index (χ1) is 13.1. The average molecular weight is 372 g/mol. The maximum atomic E-state index is 12.3. The molecule has 1 aliphatic heterocycles. The Morgan fingerprint density at radius 2 is 1.70 bits per heavy atom. The number of piperazine rings is 1. The summed E-state index contributed by atoms with van der Waals surface area (Å²) in [5.74, 6) is 0.0684. The highest BCUT2D eigenvalue weighted by Crippen LogP contribution is 2.60. The molecule has 0 radical (unpaired) electrons. The summed E-state index contributed by atoms with van der Waals surface area (Å²) in [6, 6.07) is 10.4. The number of esters is 1. The van der Waals surface area contributed by atoms with E-state index in [0.29, 0.717) is 18.1 Å². The quantitative estimate of drug-likeness (QED) is 0.761. The molecule has 3 fully saturated rings. The van der Waals surface area contributed by atoms with Crippen molar-refractivity contribution >= 4 is 12.1 Å². The number of carbonyl (C=O) groups is 2. The zero-order valence-electron chi connectivity index (χ0n) is 15.9. The smallest absolute Gasteiger partial charge is 0.410 e. The normalized spacial score (nSPS) is 30.3. The summed E-state index contributed by atoms with van der Waals surface area (Å²) in [6.07, 6.45) is 4.12. The lowest BCUT2D eigenvalue weighted by molar-refractivity contribution is -0.163. The molecule has 6 heteroatoms. The van der Waals surface area contributed by atoms with Gasteiger partial charge in [0.2, 0.25) is 0 Å². The van der Waals surface area contributed by atoms with Gasteiger partial charge in [0.25, 0.3) is 0 Å². The molecule has 6 nitrogen and oxygen atoms in total. The van der Waals surface area contributed by atoms with E-state index in [0.717, 1.165) is 44.6 Å². The number of benzene rings is 1. The van der Waals surface area contributed by atoms with E-state index in [2.05, 4.69) is 4.90 Å². The molecule has 1 heterocycles. The molecule has 4 rings (SSSR count). The molecule has 0 unspecified atom stereocenters. The van der Waals surface area contributed by atoms with Crippen LogP contribution >= 0.6 is 0 Å². The largest absolute Gasteiger partial charge is 0.469 e. The molecule has 0 bridgehead atoms. The Bertz CT molecular complexity index is 671. The molecule has 3 aliphatic rings. The van der Waals surface area contributed by atoms with E-state index in [9.17, 15) is 9.59 Å². The molecule has 27 heavy (non-hydrogen) atoms. The van der Waals surface area contributed by atoms with Gasteiger partial charge in [-0.05, 0) is 36.7 Å². The van der Waals surface area contributed by atoms with E-state index < -0.39 is 0 Å². The lowest BCUT2D eigenvalue weighted by Gasteiger charge is -2.60. The van der Waals surface area contributed by atoms with Crippen LogP contribution in [0.5, 0.6) is 0 Å². The first-order valence-corrected chi connectivity index (χ1v) is 9.86. The monoisotopic (exact) mass is 372 g/mol. The molecule has 2 saturated carbocycles. The summed E-state index contributed by atoms with van der Waals surface area (Å²) in [6.45, 7) is 3.58. The van der Waals surface area contributed by atoms with Crippen molar-refractivity contribution < 1.29 is 19.1 Å². The van der Waals surface area contributed by atoms with Crippen LogP contribution in [0.25, 0.3) is 0 Å². The maximum Gasteiger partial charge on any atom is 0.410 e. The summed E-state index contributed by atoms with van der Waals surface area (Å²) in [5, 5.41) is 0. The third-order valence-electron chi connectivity index (χ3n) is 6.52. The SMILES string of the molecule is COC(=O)C1CC2(C1)CC(N1CCN(C(=O)OCc3ccccc3)CC1)C2. The number of hydrogen-bond acceptors (Lipinski definition) is 5. The lowest BCUT2D eigenvalue weighted by Crippen LogP contribution is -2.61. The average Bonchev–Trinajstić information content (AvgIpc) is 2.65. The lowest BCUT2D eigenvalue weighted by atomic mass is 9.49. The van der Waals surface area contributed by atoms with Crippen LogP contribution in [-0.4, -0.2) is 61.2 Å². The van der Waals surface area contributed by atoms with E-state index in [1.165, 1.54) is 20.0 Å². The second-order valence-corrected chi connectivity index (χ2v) is 8.25. The van der Waals surface area contributed by atoms with Gasteiger partial charge < -0.3 is 14.4 Å². The van der Waals surface area contributed by atoms with Gasteiger partial charge in [0.05, 0.1) is 13.0 Å². The van der Waals surface area contributed by atoms with Crippen molar-refractivity contribution in [2.45, 2.75) is 38.3 Å². The van der Waals surface area contributed by atoms with Gasteiger partial charge >= 0.3 is 12.1 Å². The zero-order valence-corrected chi connectivity index (χ0v) is 15.9. The Morgan fingerprint density at radius 3 is 2.33 bits per heavy atom. The van der Waals surface area contributed by atoms with Gasteiger partial charge in [-0.2, -0.15) is 0 Å². The Hall–Kier alpha value is -2.08. The van der Waals surface area contributed by atoms with Gasteiger partial charge in [0, 0.05) is 32.2 Å². The van der Waals surface area contributed by atoms with Crippen LogP contribution in [0.1, 0.15) is 31.2 Å². The summed E-state index contributed by atoms with van der Waals surface area (Å²) < 4.78 is 10.3. The molecular weight excluding hydrogens is 344 g/mol. The molecular formula is C21H28N2O4. The first kappa shape index (κ1) is 18.3. The molecule has 1 amide bonds. The Morgan fingerprint density at radius 1 is 1.04 bits per heavy atom. The minimum absolute atomic E-state index is 0.0493. The Balaban J connectivity index is 1.16. The highest BCUT2D eigenvalue weighted by atomic mass is 16.6. The van der Waals surface area contributed by atoms with Crippen molar-refractivity contribution in [1.29, 1.82) is 0 Å². The van der Waals surface area contributed by atoms with Gasteiger partial charge in [-0.15, -0.1) is 0 Å². The van der Waals surface area contributed by atoms with Gasteiger partial charge in [0.15, 0.2) is 0 Å². The maximum absolute atomic E-state index is 12.3. The van der Waals surface area contributed by atoms with E-state index in [4.69, 9.17) is 9.47 Å². The Labute approximate surface area is 160 Å². The second-order valence-electron chi connectivity index (χ2n) is 8.25. The fourth-order valence-electron chi connectivity index (χ4n) is 4.93. The minimum atomic E-state index is -0.219. The van der Waals surface area contributed by atoms with Crippen molar-refractivity contribution in [2.75, 3.05) is 33.3 Å². The molecule has 0 N–H and O–H groups in total. The molecule has 0 atom stereocenters. The standard InChI is InChI=1S/C21H28N2O4/c1-26-19(24)17-11-21(12-17)13-18(14-21)22-7-9-23(10-8-22)20(25)27-15-16-5-3-2-4-6-16/h2-6,17-18H,7-15H2,1H3. The molecule has 146 valence electrons. The fraction of sp³-hybridized carbons (Fsp3) is 0.619. The number of carbonyl (C=O) groups excluding carboxylic acids is 2. The number of ether oxygens (including phenoxy) is 2. The summed E-state index contributed by atoms with van der Waals surface area (Å²) in [4.78, 5) is 28.1. The second kappa shape index (κ2) is 7.50. The van der Waals surface area contributed by atoms with Gasteiger partial charge in [-0.3, -0.25) is 9.69 Å². The third kappa shape index (κ3) is 3.81. The molecule has 2 aliphatic carbocycles. The van der Waals surface area contributed by atoms with Crippen LogP contribution in [0, 0.1) is 11.3 Å². The fourth-order valence-corrected chi connectivity index (χ4v) is 4.93. The van der Waals surface area contributed by atoms with Crippen LogP contribution in [0.3, 0.4) is 0 Å². The van der Waals surface area contributed by atoms with Crippen LogP contribution < -0.4 is 0 Å². The first-order valence-electron chi connectivity index (χ1n) is 9.86. The van der Waals surface area contributed by atoms with Crippen molar-refractivity contribution in [3.05, 3.63) is 35.9 Å². The van der Waals surface area contributed by atoms with Crippen LogP contribution in [0.4, 0.5) is 4.79 Å². The van der Waals surface area contributed by atoms with Gasteiger partial charge in [0.1, 0.15) is 6.61 Å². The predicted molar refractivity (Wildman–Crippen MR) is 100.0 cm³/mol. The summed E-state index contributed by atoms with van der Waals surface area (Å²) in [5.41, 5.74) is 1.39. The van der Waals surface area contributed by atoms with Crippen molar-refractivity contribution in [3.8, 4) is 0 Å². The van der Waals surface area contributed by atoms with Crippen LogP contribution in [0.15, 0.2) is 30.3 Å². The zero-order chi connectivity index (χ0) is 18.9. The van der Waals surface area contributed by atoms with Crippen molar-refractivity contribution in [3.63, 3.8) is 0 Å². The summed E-state index contributed by atoms with van der Waals surface area (Å²) >= 11 is 0. The number of rotatable bonds is 4. The third-order valence-corrected chi connectivity index (χ3v) is 6.52. The van der Waals surface area contributed by atoms with E-state index in [-0.39, 0.29) is 18.0 Å². The topological polar surface area (TPSA) is 59.1 Å². The van der Waals surface area contributed by atoms with Crippen molar-refractivity contribution in [2.24, 2.45) is 11.3 Å². The number of hydrogen-bond donors (Lipinski definition) is 0. The van der Waals surface area contributed by atoms with E-state index in [1.807, 2.05) is 35.2 Å².